The number of sulfonamides is 1. The molecule has 178 valence electrons. The number of rotatable bonds is 15. The maximum Gasteiger partial charge on any atom is 0.241 e. The number of benzene rings is 2. The van der Waals surface area contributed by atoms with Gasteiger partial charge in [-0.15, -0.1) is 0 Å². The summed E-state index contributed by atoms with van der Waals surface area (Å²) in [6.07, 6.45) is 2.47. The first kappa shape index (κ1) is 26.8. The Hall–Kier alpha value is -1.46. The SMILES string of the molecule is COCOCC[C@@](COCOC)(SC)[C@@H](NS(=O)(=O)c1ccc(C)cc1)c1ccccc1. The molecule has 0 spiro atoms. The predicted molar refractivity (Wildman–Crippen MR) is 127 cm³/mol. The lowest BCUT2D eigenvalue weighted by Crippen LogP contribution is -2.47. The Bertz CT molecular complexity index is 892. The molecule has 0 radical (unpaired) electrons. The van der Waals surface area contributed by atoms with E-state index in [1.165, 1.54) is 11.8 Å². The summed E-state index contributed by atoms with van der Waals surface area (Å²) in [6, 6.07) is 15.7. The van der Waals surface area contributed by atoms with Crippen molar-refractivity contribution in [3.8, 4) is 0 Å². The first-order valence-electron chi connectivity index (χ1n) is 10.2. The molecule has 0 saturated carbocycles. The van der Waals surface area contributed by atoms with Crippen LogP contribution in [0.3, 0.4) is 0 Å². The Labute approximate surface area is 195 Å². The fourth-order valence-corrected chi connectivity index (χ4v) is 5.63. The Balaban J connectivity index is 2.45. The van der Waals surface area contributed by atoms with Gasteiger partial charge in [-0.05, 0) is 37.3 Å². The van der Waals surface area contributed by atoms with E-state index in [2.05, 4.69) is 4.72 Å². The second-order valence-electron chi connectivity index (χ2n) is 7.37. The van der Waals surface area contributed by atoms with E-state index in [0.717, 1.165) is 11.1 Å². The van der Waals surface area contributed by atoms with Crippen LogP contribution in [0.5, 0.6) is 0 Å². The van der Waals surface area contributed by atoms with E-state index >= 15 is 0 Å². The van der Waals surface area contributed by atoms with Crippen molar-refractivity contribution in [1.82, 2.24) is 4.72 Å². The van der Waals surface area contributed by atoms with Crippen LogP contribution in [0.1, 0.15) is 23.6 Å². The van der Waals surface area contributed by atoms with Crippen LogP contribution in [-0.2, 0) is 29.0 Å². The third kappa shape index (κ3) is 7.55. The summed E-state index contributed by atoms with van der Waals surface area (Å²) in [7, 11) is -0.685. The highest BCUT2D eigenvalue weighted by molar-refractivity contribution is 8.00. The molecule has 0 aromatic heterocycles. The number of methoxy groups -OCH3 is 2. The molecule has 2 aromatic rings. The van der Waals surface area contributed by atoms with E-state index < -0.39 is 20.8 Å². The van der Waals surface area contributed by atoms with E-state index in [1.54, 1.807) is 38.5 Å². The summed E-state index contributed by atoms with van der Waals surface area (Å²) in [5.74, 6) is 0. The standard InChI is InChI=1S/C23H33NO6S2/c1-19-10-12-21(13-11-19)32(25,26)24-22(20-8-6-5-7-9-20)23(31-4,16-30-18-28-3)14-15-29-17-27-2/h5-13,22,24H,14-18H2,1-4H3/t22-,23-/m0/s1. The van der Waals surface area contributed by atoms with E-state index in [1.807, 2.05) is 43.5 Å². The molecule has 2 rings (SSSR count). The molecule has 0 aliphatic carbocycles. The number of aryl methyl sites for hydroxylation is 1. The zero-order valence-electron chi connectivity index (χ0n) is 19.1. The van der Waals surface area contributed by atoms with Gasteiger partial charge in [0.05, 0.1) is 28.9 Å². The van der Waals surface area contributed by atoms with Crippen LogP contribution < -0.4 is 4.72 Å². The zero-order chi connectivity index (χ0) is 23.5. The van der Waals surface area contributed by atoms with Gasteiger partial charge in [0.1, 0.15) is 13.6 Å². The predicted octanol–water partition coefficient (Wildman–Crippen LogP) is 3.75. The normalized spacial score (nSPS) is 14.8. The third-order valence-electron chi connectivity index (χ3n) is 5.09. The molecular weight excluding hydrogens is 450 g/mol. The van der Waals surface area contributed by atoms with Gasteiger partial charge in [-0.1, -0.05) is 48.0 Å². The molecule has 1 N–H and O–H groups in total. The van der Waals surface area contributed by atoms with Gasteiger partial charge in [-0.2, -0.15) is 11.8 Å². The molecule has 9 heteroatoms. The van der Waals surface area contributed by atoms with Gasteiger partial charge in [0.25, 0.3) is 0 Å². The van der Waals surface area contributed by atoms with Crippen LogP contribution in [0, 0.1) is 6.92 Å². The minimum Gasteiger partial charge on any atom is -0.359 e. The molecule has 0 heterocycles. The van der Waals surface area contributed by atoms with Crippen LogP contribution in [0.15, 0.2) is 59.5 Å². The first-order chi connectivity index (χ1) is 15.4. The van der Waals surface area contributed by atoms with Crippen molar-refractivity contribution in [3.05, 3.63) is 65.7 Å². The van der Waals surface area contributed by atoms with Gasteiger partial charge >= 0.3 is 0 Å². The second kappa shape index (κ2) is 13.3. The van der Waals surface area contributed by atoms with Crippen molar-refractivity contribution < 1.29 is 27.4 Å². The summed E-state index contributed by atoms with van der Waals surface area (Å²) in [6.45, 7) is 2.82. The summed E-state index contributed by atoms with van der Waals surface area (Å²) in [5, 5.41) is 0. The van der Waals surface area contributed by atoms with E-state index in [0.29, 0.717) is 13.0 Å². The second-order valence-corrected chi connectivity index (χ2v) is 10.3. The quantitative estimate of drug-likeness (QED) is 0.305. The van der Waals surface area contributed by atoms with Gasteiger partial charge in [0.15, 0.2) is 0 Å². The molecule has 2 aromatic carbocycles. The van der Waals surface area contributed by atoms with Gasteiger partial charge in [0.2, 0.25) is 10.0 Å². The number of nitrogens with one attached hydrogen (secondary N) is 1. The molecule has 32 heavy (non-hydrogen) atoms. The summed E-state index contributed by atoms with van der Waals surface area (Å²) >= 11 is 1.54. The molecule has 0 saturated heterocycles. The summed E-state index contributed by atoms with van der Waals surface area (Å²) in [5.41, 5.74) is 1.83. The third-order valence-corrected chi connectivity index (χ3v) is 7.90. The number of thioether (sulfide) groups is 1. The molecule has 0 bridgehead atoms. The van der Waals surface area contributed by atoms with Crippen LogP contribution >= 0.6 is 11.8 Å². The highest BCUT2D eigenvalue weighted by atomic mass is 32.2. The number of hydrogen-bond donors (Lipinski definition) is 1. The van der Waals surface area contributed by atoms with E-state index in [-0.39, 0.29) is 25.1 Å². The Kier molecular flexibility index (Phi) is 11.1. The average Bonchev–Trinajstić information content (AvgIpc) is 2.80. The van der Waals surface area contributed by atoms with Crippen molar-refractivity contribution in [2.75, 3.05) is 47.3 Å². The Morgan fingerprint density at radius 1 is 0.969 bits per heavy atom. The van der Waals surface area contributed by atoms with Crippen molar-refractivity contribution >= 4 is 21.8 Å². The number of hydrogen-bond acceptors (Lipinski definition) is 7. The molecule has 0 aliphatic rings. The summed E-state index contributed by atoms with van der Waals surface area (Å²) in [4.78, 5) is 0.215. The molecule has 0 unspecified atom stereocenters. The molecule has 0 fully saturated rings. The molecule has 0 amide bonds. The monoisotopic (exact) mass is 483 g/mol. The lowest BCUT2D eigenvalue weighted by molar-refractivity contribution is -0.0552. The zero-order valence-corrected chi connectivity index (χ0v) is 20.7. The fourth-order valence-electron chi connectivity index (χ4n) is 3.33. The van der Waals surface area contributed by atoms with Crippen molar-refractivity contribution in [2.24, 2.45) is 0 Å². The van der Waals surface area contributed by atoms with Crippen LogP contribution in [-0.4, -0.2) is 60.4 Å². The van der Waals surface area contributed by atoms with Crippen molar-refractivity contribution in [1.29, 1.82) is 0 Å². The maximum absolute atomic E-state index is 13.4. The smallest absolute Gasteiger partial charge is 0.241 e. The van der Waals surface area contributed by atoms with Gasteiger partial charge in [0, 0.05) is 14.2 Å². The van der Waals surface area contributed by atoms with Gasteiger partial charge in [-0.25, -0.2) is 13.1 Å². The largest absolute Gasteiger partial charge is 0.359 e. The Morgan fingerprint density at radius 3 is 2.19 bits per heavy atom. The minimum absolute atomic E-state index is 0.105. The van der Waals surface area contributed by atoms with Gasteiger partial charge < -0.3 is 18.9 Å². The van der Waals surface area contributed by atoms with Crippen molar-refractivity contribution in [3.63, 3.8) is 0 Å². The van der Waals surface area contributed by atoms with Gasteiger partial charge in [-0.3, -0.25) is 0 Å². The lowest BCUT2D eigenvalue weighted by atomic mass is 9.90. The molecular formula is C23H33NO6S2. The highest BCUT2D eigenvalue weighted by Gasteiger charge is 2.42. The maximum atomic E-state index is 13.4. The molecule has 2 atom stereocenters. The van der Waals surface area contributed by atoms with Crippen LogP contribution in [0.25, 0.3) is 0 Å². The molecule has 0 aliphatic heterocycles. The fraction of sp³-hybridized carbons (Fsp3) is 0.478. The first-order valence-corrected chi connectivity index (χ1v) is 12.9. The van der Waals surface area contributed by atoms with Crippen LogP contribution in [0.2, 0.25) is 0 Å². The molecule has 7 nitrogen and oxygen atoms in total. The lowest BCUT2D eigenvalue weighted by Gasteiger charge is -2.40. The topological polar surface area (TPSA) is 83.1 Å². The van der Waals surface area contributed by atoms with Crippen LogP contribution in [0.4, 0.5) is 0 Å². The minimum atomic E-state index is -3.80. The van der Waals surface area contributed by atoms with E-state index in [4.69, 9.17) is 18.9 Å². The summed E-state index contributed by atoms with van der Waals surface area (Å²) < 4.78 is 50.4. The number of ether oxygens (including phenoxy) is 4. The Morgan fingerprint density at radius 2 is 1.59 bits per heavy atom. The van der Waals surface area contributed by atoms with E-state index in [9.17, 15) is 8.42 Å². The highest BCUT2D eigenvalue weighted by Crippen LogP contribution is 2.41. The van der Waals surface area contributed by atoms with Crippen molar-refractivity contribution in [2.45, 2.75) is 29.0 Å². The average molecular weight is 484 g/mol.